The van der Waals surface area contributed by atoms with Crippen molar-refractivity contribution in [2.24, 2.45) is 4.99 Å². The number of hydrogen-bond acceptors (Lipinski definition) is 2. The number of fused-ring (bicyclic) bond motifs is 3. The first kappa shape index (κ1) is 8.24. The molecule has 0 saturated carbocycles. The van der Waals surface area contributed by atoms with E-state index in [9.17, 15) is 0 Å². The maximum absolute atomic E-state index is 5.09. The van der Waals surface area contributed by atoms with E-state index in [1.807, 2.05) is 36.4 Å². The van der Waals surface area contributed by atoms with Gasteiger partial charge in [-0.2, -0.15) is 0 Å². The topological polar surface area (TPSA) is 21.6 Å². The Morgan fingerprint density at radius 1 is 1.07 bits per heavy atom. The van der Waals surface area contributed by atoms with Gasteiger partial charge >= 0.3 is 0 Å². The Labute approximate surface area is 87.9 Å². The van der Waals surface area contributed by atoms with E-state index in [4.69, 9.17) is 4.74 Å². The highest BCUT2D eigenvalue weighted by atomic mass is 16.5. The van der Waals surface area contributed by atoms with Crippen LogP contribution in [-0.4, -0.2) is 5.71 Å². The van der Waals surface area contributed by atoms with Crippen LogP contribution in [0.4, 0.5) is 5.69 Å². The van der Waals surface area contributed by atoms with E-state index in [2.05, 4.69) is 11.1 Å². The lowest BCUT2D eigenvalue weighted by atomic mass is 10.0. The van der Waals surface area contributed by atoms with Crippen molar-refractivity contribution in [1.82, 2.24) is 0 Å². The number of ether oxygens (including phenoxy) is 1. The minimum absolute atomic E-state index is 0.959. The van der Waals surface area contributed by atoms with Crippen LogP contribution < -0.4 is 0 Å². The molecule has 0 spiro atoms. The number of hydrogen-bond donors (Lipinski definition) is 0. The lowest BCUT2D eigenvalue weighted by molar-refractivity contribution is 0.403. The molecule has 2 aliphatic heterocycles. The van der Waals surface area contributed by atoms with Crippen LogP contribution in [0.25, 0.3) is 5.57 Å². The van der Waals surface area contributed by atoms with Gasteiger partial charge in [-0.15, -0.1) is 0 Å². The summed E-state index contributed by atoms with van der Waals surface area (Å²) in [7, 11) is 0. The van der Waals surface area contributed by atoms with Gasteiger partial charge in [-0.1, -0.05) is 18.2 Å². The Kier molecular flexibility index (Phi) is 1.78. The molecule has 2 aliphatic rings. The van der Waals surface area contributed by atoms with Gasteiger partial charge in [0.2, 0.25) is 0 Å². The van der Waals surface area contributed by atoms with Gasteiger partial charge in [0.15, 0.2) is 0 Å². The van der Waals surface area contributed by atoms with Crippen LogP contribution >= 0.6 is 0 Å². The fourth-order valence-corrected chi connectivity index (χ4v) is 1.76. The fraction of sp³-hybridized carbons (Fsp3) is 0. The molecule has 0 bridgehead atoms. The van der Waals surface area contributed by atoms with E-state index < -0.39 is 0 Å². The first-order valence-corrected chi connectivity index (χ1v) is 4.82. The minimum Gasteiger partial charge on any atom is -0.473 e. The molecule has 2 heterocycles. The smallest absolute Gasteiger partial charge is 0.0923 e. The van der Waals surface area contributed by atoms with Gasteiger partial charge in [0.05, 0.1) is 23.9 Å². The molecule has 0 atom stereocenters. The highest BCUT2D eigenvalue weighted by molar-refractivity contribution is 6.33. The second-order valence-corrected chi connectivity index (χ2v) is 3.36. The largest absolute Gasteiger partial charge is 0.473 e. The van der Waals surface area contributed by atoms with E-state index in [0.29, 0.717) is 0 Å². The second-order valence-electron chi connectivity index (χ2n) is 3.36. The molecule has 0 saturated heterocycles. The van der Waals surface area contributed by atoms with Crippen LogP contribution in [0, 0.1) is 0 Å². The molecule has 1 aromatic carbocycles. The van der Waals surface area contributed by atoms with Gasteiger partial charge < -0.3 is 4.74 Å². The summed E-state index contributed by atoms with van der Waals surface area (Å²) in [5.74, 6) is 0. The predicted octanol–water partition coefficient (Wildman–Crippen LogP) is 3.21. The van der Waals surface area contributed by atoms with Gasteiger partial charge in [-0.05, 0) is 24.3 Å². The summed E-state index contributed by atoms with van der Waals surface area (Å²) in [5.41, 5.74) is 4.32. The van der Waals surface area contributed by atoms with Crippen LogP contribution in [0.5, 0.6) is 0 Å². The molecule has 0 aromatic heterocycles. The Morgan fingerprint density at radius 3 is 3.00 bits per heavy atom. The van der Waals surface area contributed by atoms with Crippen molar-refractivity contribution >= 4 is 17.0 Å². The molecule has 0 amide bonds. The summed E-state index contributed by atoms with van der Waals surface area (Å²) in [4.78, 5) is 4.52. The Balaban J connectivity index is 2.22. The molecule has 72 valence electrons. The molecular weight excluding hydrogens is 186 g/mol. The number of aliphatic imine (C=N–C) groups is 1. The molecular formula is C13H9NO. The van der Waals surface area contributed by atoms with Gasteiger partial charge in [0.25, 0.3) is 0 Å². The average molecular weight is 195 g/mol. The van der Waals surface area contributed by atoms with Crippen molar-refractivity contribution in [3.63, 3.8) is 0 Å². The van der Waals surface area contributed by atoms with Gasteiger partial charge in [0, 0.05) is 11.1 Å². The maximum Gasteiger partial charge on any atom is 0.0923 e. The van der Waals surface area contributed by atoms with Crippen LogP contribution in [0.2, 0.25) is 0 Å². The molecule has 0 unspecified atom stereocenters. The van der Waals surface area contributed by atoms with Crippen LogP contribution in [0.3, 0.4) is 0 Å². The molecule has 15 heavy (non-hydrogen) atoms. The molecule has 2 nitrogen and oxygen atoms in total. The van der Waals surface area contributed by atoms with Crippen LogP contribution in [0.1, 0.15) is 5.56 Å². The Morgan fingerprint density at radius 2 is 2.00 bits per heavy atom. The van der Waals surface area contributed by atoms with E-state index in [1.165, 1.54) is 5.56 Å². The van der Waals surface area contributed by atoms with Crippen molar-refractivity contribution in [2.45, 2.75) is 0 Å². The predicted molar refractivity (Wildman–Crippen MR) is 60.9 cm³/mol. The lowest BCUT2D eigenvalue weighted by Crippen LogP contribution is -1.93. The van der Waals surface area contributed by atoms with Gasteiger partial charge in [-0.25, -0.2) is 4.99 Å². The van der Waals surface area contributed by atoms with Crippen molar-refractivity contribution in [1.29, 1.82) is 0 Å². The van der Waals surface area contributed by atoms with Crippen LogP contribution in [-0.2, 0) is 4.74 Å². The Bertz CT molecular complexity index is 521. The number of benzene rings is 1. The van der Waals surface area contributed by atoms with Crippen molar-refractivity contribution in [3.8, 4) is 0 Å². The summed E-state index contributed by atoms with van der Waals surface area (Å²) >= 11 is 0. The number of allylic oxidation sites excluding steroid dienone is 4. The molecule has 2 heteroatoms. The highest BCUT2D eigenvalue weighted by Crippen LogP contribution is 2.35. The zero-order valence-corrected chi connectivity index (χ0v) is 8.05. The average Bonchev–Trinajstić information content (AvgIpc) is 2.55. The number of para-hydroxylation sites is 1. The van der Waals surface area contributed by atoms with Gasteiger partial charge in [0.1, 0.15) is 0 Å². The van der Waals surface area contributed by atoms with Crippen molar-refractivity contribution < 1.29 is 4.74 Å². The molecule has 0 N–H and O–H groups in total. The SMILES string of the molecule is C1=CO/C=C\C2=Nc3ccccc3C2=C1. The first-order chi connectivity index (χ1) is 7.45. The van der Waals surface area contributed by atoms with Gasteiger partial charge in [-0.3, -0.25) is 0 Å². The summed E-state index contributed by atoms with van der Waals surface area (Å²) < 4.78 is 5.09. The zero-order chi connectivity index (χ0) is 10.1. The number of rotatable bonds is 0. The molecule has 0 aliphatic carbocycles. The third kappa shape index (κ3) is 1.31. The summed E-state index contributed by atoms with van der Waals surface area (Å²) in [6.07, 6.45) is 9.09. The fourth-order valence-electron chi connectivity index (χ4n) is 1.76. The third-order valence-electron chi connectivity index (χ3n) is 2.44. The zero-order valence-electron chi connectivity index (χ0n) is 8.05. The van der Waals surface area contributed by atoms with E-state index >= 15 is 0 Å². The van der Waals surface area contributed by atoms with E-state index in [0.717, 1.165) is 17.0 Å². The van der Waals surface area contributed by atoms with E-state index in [1.54, 1.807) is 12.5 Å². The van der Waals surface area contributed by atoms with Crippen molar-refractivity contribution in [2.75, 3.05) is 0 Å². The third-order valence-corrected chi connectivity index (χ3v) is 2.44. The summed E-state index contributed by atoms with van der Waals surface area (Å²) in [6, 6.07) is 8.13. The van der Waals surface area contributed by atoms with Crippen LogP contribution in [0.15, 0.2) is 60.0 Å². The standard InChI is InChI=1S/C13H9NO/c1-2-6-12-10(4-1)11-5-3-8-15-9-7-13(11)14-12/h1-9H/b8-3?,9-7-,11-5?. The number of nitrogens with zero attached hydrogens (tertiary/aromatic N) is 1. The maximum atomic E-state index is 5.09. The Hall–Kier alpha value is -2.09. The second kappa shape index (κ2) is 3.24. The molecule has 0 fully saturated rings. The highest BCUT2D eigenvalue weighted by Gasteiger charge is 2.17. The molecule has 3 rings (SSSR count). The molecule has 1 aromatic rings. The molecule has 0 radical (unpaired) electrons. The quantitative estimate of drug-likeness (QED) is 0.622. The monoisotopic (exact) mass is 195 g/mol. The first-order valence-electron chi connectivity index (χ1n) is 4.82. The summed E-state index contributed by atoms with van der Waals surface area (Å²) in [6.45, 7) is 0. The van der Waals surface area contributed by atoms with E-state index in [-0.39, 0.29) is 0 Å². The lowest BCUT2D eigenvalue weighted by Gasteiger charge is -2.01. The normalized spacial score (nSPS) is 18.9. The van der Waals surface area contributed by atoms with Crippen molar-refractivity contribution in [3.05, 3.63) is 60.6 Å². The minimum atomic E-state index is 0.959. The summed E-state index contributed by atoms with van der Waals surface area (Å²) in [5, 5.41) is 0.